The largest absolute Gasteiger partial charge is 0.310 e. The van der Waals surface area contributed by atoms with Crippen LogP contribution < -0.4 is 5.32 Å². The molecule has 1 unspecified atom stereocenters. The van der Waals surface area contributed by atoms with E-state index >= 15 is 0 Å². The number of amides is 1. The number of halogens is 1. The fourth-order valence-corrected chi connectivity index (χ4v) is 1.77. The summed E-state index contributed by atoms with van der Waals surface area (Å²) < 4.78 is 0. The quantitative estimate of drug-likeness (QED) is 0.785. The summed E-state index contributed by atoms with van der Waals surface area (Å²) in [6.45, 7) is 4.17. The molecule has 1 aliphatic rings. The predicted molar refractivity (Wildman–Crippen MR) is 59.8 cm³/mol. The molecule has 0 saturated heterocycles. The zero-order valence-corrected chi connectivity index (χ0v) is 9.51. The van der Waals surface area contributed by atoms with E-state index in [1.165, 1.54) is 0 Å². The third-order valence-corrected chi connectivity index (χ3v) is 3.01. The Kier molecular flexibility index (Phi) is 2.43. The molecule has 1 N–H and O–H groups in total. The van der Waals surface area contributed by atoms with Gasteiger partial charge < -0.3 is 5.32 Å². The summed E-state index contributed by atoms with van der Waals surface area (Å²) in [6, 6.07) is 5.18. The maximum absolute atomic E-state index is 11.7. The maximum atomic E-state index is 11.7. The van der Waals surface area contributed by atoms with E-state index in [-0.39, 0.29) is 17.2 Å². The lowest BCUT2D eigenvalue weighted by Crippen LogP contribution is -2.17. The summed E-state index contributed by atoms with van der Waals surface area (Å²) >= 11 is 5.72. The molecule has 1 fully saturated rings. The Morgan fingerprint density at radius 2 is 2.27 bits per heavy atom. The highest BCUT2D eigenvalue weighted by molar-refractivity contribution is 6.29. The van der Waals surface area contributed by atoms with Crippen LogP contribution in [0.2, 0.25) is 5.15 Å². The number of nitrogens with zero attached hydrogens (tertiary/aromatic N) is 1. The number of aromatic nitrogens is 1. The molecule has 3 nitrogen and oxygen atoms in total. The smallest absolute Gasteiger partial charge is 0.229 e. The Balaban J connectivity index is 2.01. The topological polar surface area (TPSA) is 42.0 Å². The first kappa shape index (κ1) is 10.4. The van der Waals surface area contributed by atoms with E-state index in [1.807, 2.05) is 0 Å². The summed E-state index contributed by atoms with van der Waals surface area (Å²) in [7, 11) is 0. The van der Waals surface area contributed by atoms with E-state index in [0.29, 0.717) is 11.0 Å². The van der Waals surface area contributed by atoms with Crippen molar-refractivity contribution in [3.05, 3.63) is 23.4 Å². The second-order valence-electron chi connectivity index (χ2n) is 4.58. The second-order valence-corrected chi connectivity index (χ2v) is 4.97. The van der Waals surface area contributed by atoms with Crippen LogP contribution in [0.1, 0.15) is 20.3 Å². The van der Waals surface area contributed by atoms with Gasteiger partial charge in [0.05, 0.1) is 0 Å². The van der Waals surface area contributed by atoms with Gasteiger partial charge in [-0.2, -0.15) is 0 Å². The van der Waals surface area contributed by atoms with Crippen LogP contribution in [0.3, 0.4) is 0 Å². The average molecular weight is 225 g/mol. The minimum absolute atomic E-state index is 0.0368. The molecule has 2 rings (SSSR count). The SMILES string of the molecule is CC1(C)CC1C(=O)Nc1cccc(Cl)n1. The highest BCUT2D eigenvalue weighted by atomic mass is 35.5. The van der Waals surface area contributed by atoms with Crippen molar-refractivity contribution in [2.45, 2.75) is 20.3 Å². The van der Waals surface area contributed by atoms with E-state index in [1.54, 1.807) is 18.2 Å². The van der Waals surface area contributed by atoms with Gasteiger partial charge in [0.15, 0.2) is 0 Å². The van der Waals surface area contributed by atoms with Crippen molar-refractivity contribution < 1.29 is 4.79 Å². The van der Waals surface area contributed by atoms with Gasteiger partial charge in [0.1, 0.15) is 11.0 Å². The van der Waals surface area contributed by atoms with Gasteiger partial charge in [0, 0.05) is 5.92 Å². The van der Waals surface area contributed by atoms with Crippen LogP contribution in [0.5, 0.6) is 0 Å². The van der Waals surface area contributed by atoms with Gasteiger partial charge in [-0.25, -0.2) is 4.98 Å². The molecule has 1 aromatic heterocycles. The number of hydrogen-bond donors (Lipinski definition) is 1. The second kappa shape index (κ2) is 3.49. The fraction of sp³-hybridized carbons (Fsp3) is 0.455. The molecule has 0 radical (unpaired) electrons. The summed E-state index contributed by atoms with van der Waals surface area (Å²) in [5, 5.41) is 3.16. The Labute approximate surface area is 93.8 Å². The van der Waals surface area contributed by atoms with Crippen LogP contribution in [-0.2, 0) is 4.79 Å². The van der Waals surface area contributed by atoms with E-state index in [2.05, 4.69) is 24.1 Å². The molecule has 0 aliphatic heterocycles. The number of pyridine rings is 1. The van der Waals surface area contributed by atoms with Crippen molar-refractivity contribution in [1.29, 1.82) is 0 Å². The normalized spacial score (nSPS) is 22.2. The minimum atomic E-state index is 0.0368. The van der Waals surface area contributed by atoms with Crippen LogP contribution in [0, 0.1) is 11.3 Å². The highest BCUT2D eigenvalue weighted by Gasteiger charge is 2.50. The Morgan fingerprint density at radius 3 is 2.80 bits per heavy atom. The molecule has 0 spiro atoms. The van der Waals surface area contributed by atoms with Gasteiger partial charge in [-0.1, -0.05) is 31.5 Å². The molecule has 0 aromatic carbocycles. The van der Waals surface area contributed by atoms with Crippen LogP contribution >= 0.6 is 11.6 Å². The lowest BCUT2D eigenvalue weighted by molar-refractivity contribution is -0.118. The Morgan fingerprint density at radius 1 is 1.60 bits per heavy atom. The van der Waals surface area contributed by atoms with Crippen molar-refractivity contribution in [3.63, 3.8) is 0 Å². The molecule has 15 heavy (non-hydrogen) atoms. The average Bonchev–Trinajstić information content (AvgIpc) is 2.75. The summed E-state index contributed by atoms with van der Waals surface area (Å²) in [5.41, 5.74) is 0.142. The molecule has 1 amide bonds. The van der Waals surface area contributed by atoms with Crippen LogP contribution in [-0.4, -0.2) is 10.9 Å². The summed E-state index contributed by atoms with van der Waals surface area (Å²) in [4.78, 5) is 15.7. The molecular weight excluding hydrogens is 212 g/mol. The maximum Gasteiger partial charge on any atom is 0.229 e. The minimum Gasteiger partial charge on any atom is -0.310 e. The van der Waals surface area contributed by atoms with Gasteiger partial charge in [0.25, 0.3) is 0 Å². The summed E-state index contributed by atoms with van der Waals surface area (Å²) in [6.07, 6.45) is 0.944. The van der Waals surface area contributed by atoms with Crippen molar-refractivity contribution >= 4 is 23.3 Å². The van der Waals surface area contributed by atoms with Gasteiger partial charge in [-0.3, -0.25) is 4.79 Å². The van der Waals surface area contributed by atoms with Gasteiger partial charge in [-0.15, -0.1) is 0 Å². The third-order valence-electron chi connectivity index (χ3n) is 2.80. The Hall–Kier alpha value is -1.09. The third kappa shape index (κ3) is 2.29. The molecule has 1 atom stereocenters. The van der Waals surface area contributed by atoms with E-state index < -0.39 is 0 Å². The van der Waals surface area contributed by atoms with Crippen LogP contribution in [0.15, 0.2) is 18.2 Å². The number of hydrogen-bond acceptors (Lipinski definition) is 2. The lowest BCUT2D eigenvalue weighted by Gasteiger charge is -2.05. The standard InChI is InChI=1S/C11H13ClN2O/c1-11(2)6-7(11)10(15)14-9-5-3-4-8(12)13-9/h3-5,7H,6H2,1-2H3,(H,13,14,15). The van der Waals surface area contributed by atoms with Gasteiger partial charge in [0.2, 0.25) is 5.91 Å². The van der Waals surface area contributed by atoms with Crippen LogP contribution in [0.25, 0.3) is 0 Å². The van der Waals surface area contributed by atoms with Gasteiger partial charge >= 0.3 is 0 Å². The predicted octanol–water partition coefficient (Wildman–Crippen LogP) is 2.72. The first-order valence-electron chi connectivity index (χ1n) is 4.92. The monoisotopic (exact) mass is 224 g/mol. The number of nitrogens with one attached hydrogen (secondary N) is 1. The zero-order valence-electron chi connectivity index (χ0n) is 8.75. The number of carbonyl (C=O) groups excluding carboxylic acids is 1. The van der Waals surface area contributed by atoms with E-state index in [0.717, 1.165) is 6.42 Å². The summed E-state index contributed by atoms with van der Waals surface area (Å²) in [5.74, 6) is 0.670. The lowest BCUT2D eigenvalue weighted by atomic mass is 10.1. The van der Waals surface area contributed by atoms with Crippen molar-refractivity contribution in [2.24, 2.45) is 11.3 Å². The highest BCUT2D eigenvalue weighted by Crippen LogP contribution is 2.51. The van der Waals surface area contributed by atoms with Gasteiger partial charge in [-0.05, 0) is 24.0 Å². The van der Waals surface area contributed by atoms with E-state index in [4.69, 9.17) is 11.6 Å². The van der Waals surface area contributed by atoms with Crippen molar-refractivity contribution in [3.8, 4) is 0 Å². The number of rotatable bonds is 2. The molecular formula is C11H13ClN2O. The molecule has 4 heteroatoms. The molecule has 1 aliphatic carbocycles. The molecule has 0 bridgehead atoms. The zero-order chi connectivity index (χ0) is 11.1. The molecule has 1 heterocycles. The van der Waals surface area contributed by atoms with Crippen molar-refractivity contribution in [2.75, 3.05) is 5.32 Å². The first-order valence-corrected chi connectivity index (χ1v) is 5.30. The van der Waals surface area contributed by atoms with Crippen molar-refractivity contribution in [1.82, 2.24) is 4.98 Å². The van der Waals surface area contributed by atoms with E-state index in [9.17, 15) is 4.79 Å². The first-order chi connectivity index (χ1) is 6.99. The Bertz CT molecular complexity index is 403. The molecule has 1 aromatic rings. The number of anilines is 1. The molecule has 1 saturated carbocycles. The van der Waals surface area contributed by atoms with Crippen LogP contribution in [0.4, 0.5) is 5.82 Å². The molecule has 80 valence electrons. The fourth-order valence-electron chi connectivity index (χ4n) is 1.61. The number of carbonyl (C=O) groups is 1.